The second kappa shape index (κ2) is 4.75. The highest BCUT2D eigenvalue weighted by Gasteiger charge is 2.62. The lowest BCUT2D eigenvalue weighted by Crippen LogP contribution is -2.50. The zero-order chi connectivity index (χ0) is 13.5. The Morgan fingerprint density at radius 1 is 1.32 bits per heavy atom. The van der Waals surface area contributed by atoms with Crippen molar-refractivity contribution in [2.24, 2.45) is 5.41 Å². The third-order valence-corrected chi connectivity index (χ3v) is 5.08. The first kappa shape index (κ1) is 13.4. The van der Waals surface area contributed by atoms with Crippen LogP contribution < -0.4 is 5.32 Å². The summed E-state index contributed by atoms with van der Waals surface area (Å²) in [5.74, 6) is -0.138. The molecule has 1 aromatic rings. The second-order valence-electron chi connectivity index (χ2n) is 6.41. The predicted molar refractivity (Wildman–Crippen MR) is 77.1 cm³/mol. The van der Waals surface area contributed by atoms with E-state index in [1.807, 2.05) is 6.07 Å². The van der Waals surface area contributed by atoms with Crippen molar-refractivity contribution < 1.29 is 4.39 Å². The van der Waals surface area contributed by atoms with Crippen LogP contribution in [0.4, 0.5) is 4.39 Å². The summed E-state index contributed by atoms with van der Waals surface area (Å²) in [5.41, 5.74) is 1.20. The molecule has 19 heavy (non-hydrogen) atoms. The Kier molecular flexibility index (Phi) is 3.34. The molecule has 1 aromatic carbocycles. The molecule has 104 valence electrons. The van der Waals surface area contributed by atoms with Crippen molar-refractivity contribution in [2.75, 3.05) is 13.1 Å². The molecule has 0 aliphatic heterocycles. The van der Waals surface area contributed by atoms with E-state index in [9.17, 15) is 4.39 Å². The summed E-state index contributed by atoms with van der Waals surface area (Å²) in [7, 11) is 0. The van der Waals surface area contributed by atoms with Crippen LogP contribution in [0, 0.1) is 11.2 Å². The molecular formula is C16H21ClFN. The lowest BCUT2D eigenvalue weighted by atomic mass is 9.56. The van der Waals surface area contributed by atoms with Crippen molar-refractivity contribution >= 4 is 11.6 Å². The van der Waals surface area contributed by atoms with Gasteiger partial charge in [0.2, 0.25) is 0 Å². The topological polar surface area (TPSA) is 12.0 Å². The minimum Gasteiger partial charge on any atom is -0.316 e. The summed E-state index contributed by atoms with van der Waals surface area (Å²) in [6.07, 6.45) is 5.92. The third kappa shape index (κ3) is 2.30. The van der Waals surface area contributed by atoms with E-state index < -0.39 is 0 Å². The van der Waals surface area contributed by atoms with Gasteiger partial charge in [-0.2, -0.15) is 0 Å². The van der Waals surface area contributed by atoms with Crippen molar-refractivity contribution in [1.29, 1.82) is 0 Å². The normalized spacial score (nSPS) is 22.3. The zero-order valence-corrected chi connectivity index (χ0v) is 12.2. The number of hydrogen-bond acceptors (Lipinski definition) is 1. The number of hydrogen-bond donors (Lipinski definition) is 1. The lowest BCUT2D eigenvalue weighted by molar-refractivity contribution is 0.112. The molecule has 0 bridgehead atoms. The van der Waals surface area contributed by atoms with Crippen LogP contribution in [0.2, 0.25) is 5.02 Å². The van der Waals surface area contributed by atoms with Gasteiger partial charge in [0.05, 0.1) is 0 Å². The van der Waals surface area contributed by atoms with Gasteiger partial charge in [-0.1, -0.05) is 24.6 Å². The maximum atomic E-state index is 14.2. The SMILES string of the molecule is CCCNCC1(c2c(F)cccc2Cl)CC2(CC2)C1. The maximum Gasteiger partial charge on any atom is 0.128 e. The maximum absolute atomic E-state index is 14.2. The van der Waals surface area contributed by atoms with Crippen LogP contribution in [0.5, 0.6) is 0 Å². The van der Waals surface area contributed by atoms with Crippen molar-refractivity contribution in [2.45, 2.75) is 44.4 Å². The molecule has 1 spiro atoms. The number of benzene rings is 1. The Morgan fingerprint density at radius 2 is 2.05 bits per heavy atom. The molecule has 2 aliphatic rings. The standard InChI is InChI=1S/C16H21ClFN/c1-2-8-19-11-16(9-15(10-16)6-7-15)14-12(17)4-3-5-13(14)18/h3-5,19H,2,6-11H2,1H3. The summed E-state index contributed by atoms with van der Waals surface area (Å²) in [4.78, 5) is 0. The van der Waals surface area contributed by atoms with E-state index in [0.717, 1.165) is 37.9 Å². The van der Waals surface area contributed by atoms with Gasteiger partial charge >= 0.3 is 0 Å². The summed E-state index contributed by atoms with van der Waals surface area (Å²) in [6, 6.07) is 5.06. The smallest absolute Gasteiger partial charge is 0.128 e. The van der Waals surface area contributed by atoms with Crippen molar-refractivity contribution in [1.82, 2.24) is 5.32 Å². The molecule has 1 N–H and O–H groups in total. The first-order valence-electron chi connectivity index (χ1n) is 7.26. The molecule has 0 aromatic heterocycles. The minimum absolute atomic E-state index is 0.0753. The molecule has 2 saturated carbocycles. The molecule has 0 atom stereocenters. The summed E-state index contributed by atoms with van der Waals surface area (Å²) in [5, 5.41) is 4.06. The molecule has 0 heterocycles. The van der Waals surface area contributed by atoms with E-state index >= 15 is 0 Å². The average Bonchev–Trinajstić information content (AvgIpc) is 3.08. The van der Waals surface area contributed by atoms with E-state index in [1.54, 1.807) is 12.1 Å². The molecule has 1 nitrogen and oxygen atoms in total. The fourth-order valence-electron chi connectivity index (χ4n) is 3.81. The van der Waals surface area contributed by atoms with Gasteiger partial charge < -0.3 is 5.32 Å². The molecule has 0 unspecified atom stereocenters. The van der Waals surface area contributed by atoms with Crippen molar-refractivity contribution in [3.8, 4) is 0 Å². The number of rotatable bonds is 5. The Morgan fingerprint density at radius 3 is 2.63 bits per heavy atom. The van der Waals surface area contributed by atoms with E-state index in [1.165, 1.54) is 12.8 Å². The first-order chi connectivity index (χ1) is 9.11. The quantitative estimate of drug-likeness (QED) is 0.794. The fraction of sp³-hybridized carbons (Fsp3) is 0.625. The van der Waals surface area contributed by atoms with Gasteiger partial charge in [0, 0.05) is 22.5 Å². The van der Waals surface area contributed by atoms with E-state index in [4.69, 9.17) is 11.6 Å². The van der Waals surface area contributed by atoms with Crippen LogP contribution in [0.1, 0.15) is 44.6 Å². The Hall–Kier alpha value is -0.600. The highest BCUT2D eigenvalue weighted by molar-refractivity contribution is 6.31. The van der Waals surface area contributed by atoms with Gasteiger partial charge in [0.1, 0.15) is 5.82 Å². The van der Waals surface area contributed by atoms with Crippen LogP contribution >= 0.6 is 11.6 Å². The largest absolute Gasteiger partial charge is 0.316 e. The van der Waals surface area contributed by atoms with Crippen LogP contribution in [0.25, 0.3) is 0 Å². The summed E-state index contributed by atoms with van der Waals surface area (Å²) in [6.45, 7) is 3.99. The lowest BCUT2D eigenvalue weighted by Gasteiger charge is -2.50. The van der Waals surface area contributed by atoms with Gasteiger partial charge in [-0.3, -0.25) is 0 Å². The van der Waals surface area contributed by atoms with Gasteiger partial charge in [-0.15, -0.1) is 0 Å². The molecule has 3 rings (SSSR count). The monoisotopic (exact) mass is 281 g/mol. The van der Waals surface area contributed by atoms with Crippen molar-refractivity contribution in [3.63, 3.8) is 0 Å². The molecular weight excluding hydrogens is 261 g/mol. The highest BCUT2D eigenvalue weighted by atomic mass is 35.5. The summed E-state index contributed by atoms with van der Waals surface area (Å²) < 4.78 is 14.2. The van der Waals surface area contributed by atoms with E-state index in [2.05, 4.69) is 12.2 Å². The van der Waals surface area contributed by atoms with E-state index in [0.29, 0.717) is 10.4 Å². The van der Waals surface area contributed by atoms with Crippen LogP contribution in [0.15, 0.2) is 18.2 Å². The zero-order valence-electron chi connectivity index (χ0n) is 11.4. The molecule has 0 radical (unpaired) electrons. The van der Waals surface area contributed by atoms with Crippen LogP contribution in [-0.2, 0) is 5.41 Å². The molecule has 0 amide bonds. The molecule has 2 fully saturated rings. The first-order valence-corrected chi connectivity index (χ1v) is 7.64. The Bertz CT molecular complexity index is 453. The highest BCUT2D eigenvalue weighted by Crippen LogP contribution is 2.69. The molecule has 3 heteroatoms. The minimum atomic E-state index is -0.138. The van der Waals surface area contributed by atoms with Crippen LogP contribution in [-0.4, -0.2) is 13.1 Å². The average molecular weight is 282 g/mol. The van der Waals surface area contributed by atoms with Gasteiger partial charge in [-0.25, -0.2) is 4.39 Å². The molecule has 0 saturated heterocycles. The van der Waals surface area contributed by atoms with Gasteiger partial charge in [0.15, 0.2) is 0 Å². The Labute approximate surface area is 119 Å². The molecule has 2 aliphatic carbocycles. The Balaban J connectivity index is 1.87. The van der Waals surface area contributed by atoms with E-state index in [-0.39, 0.29) is 11.2 Å². The predicted octanol–water partition coefficient (Wildman–Crippen LogP) is 4.29. The van der Waals surface area contributed by atoms with Crippen LogP contribution in [0.3, 0.4) is 0 Å². The number of halogens is 2. The fourth-order valence-corrected chi connectivity index (χ4v) is 4.18. The van der Waals surface area contributed by atoms with Gasteiger partial charge in [-0.05, 0) is 56.2 Å². The number of nitrogens with one attached hydrogen (secondary N) is 1. The second-order valence-corrected chi connectivity index (χ2v) is 6.81. The summed E-state index contributed by atoms with van der Waals surface area (Å²) >= 11 is 6.29. The van der Waals surface area contributed by atoms with Gasteiger partial charge in [0.25, 0.3) is 0 Å². The third-order valence-electron chi connectivity index (χ3n) is 4.77. The van der Waals surface area contributed by atoms with Crippen molar-refractivity contribution in [3.05, 3.63) is 34.6 Å².